The second-order valence-electron chi connectivity index (χ2n) is 4.23. The molecule has 6 nitrogen and oxygen atoms in total. The predicted molar refractivity (Wildman–Crippen MR) is 72.4 cm³/mol. The van der Waals surface area contributed by atoms with E-state index in [2.05, 4.69) is 15.2 Å². The summed E-state index contributed by atoms with van der Waals surface area (Å²) >= 11 is 0. The molecule has 3 rings (SSSR count). The molecule has 2 aromatic heterocycles. The largest absolute Gasteiger partial charge is 0.384 e. The fraction of sp³-hybridized carbons (Fsp3) is 0.214. The number of nitrogens with zero attached hydrogens (tertiary/aromatic N) is 4. The number of benzene rings is 1. The molecule has 3 aromatic rings. The molecule has 0 aliphatic rings. The van der Waals surface area contributed by atoms with Crippen LogP contribution in [0, 0.1) is 0 Å². The van der Waals surface area contributed by atoms with E-state index in [0.717, 1.165) is 11.3 Å². The SMILES string of the molecule is COCCc1noc(-c2ccccc2-n2cccn2)n1. The van der Waals surface area contributed by atoms with Gasteiger partial charge in [-0.1, -0.05) is 17.3 Å². The minimum Gasteiger partial charge on any atom is -0.384 e. The Balaban J connectivity index is 1.96. The van der Waals surface area contributed by atoms with Crippen LogP contribution in [0.4, 0.5) is 0 Å². The molecular formula is C14H14N4O2. The van der Waals surface area contributed by atoms with Gasteiger partial charge in [0.1, 0.15) is 0 Å². The average Bonchev–Trinajstić information content (AvgIpc) is 3.16. The Bertz CT molecular complexity index is 676. The van der Waals surface area contributed by atoms with E-state index in [1.165, 1.54) is 0 Å². The molecule has 2 heterocycles. The van der Waals surface area contributed by atoms with Crippen molar-refractivity contribution in [2.45, 2.75) is 6.42 Å². The quantitative estimate of drug-likeness (QED) is 0.710. The molecule has 0 saturated carbocycles. The van der Waals surface area contributed by atoms with Crippen molar-refractivity contribution in [2.24, 2.45) is 0 Å². The third kappa shape index (κ3) is 2.46. The van der Waals surface area contributed by atoms with Gasteiger partial charge in [0.05, 0.1) is 17.9 Å². The lowest BCUT2D eigenvalue weighted by molar-refractivity contribution is 0.199. The highest BCUT2D eigenvalue weighted by atomic mass is 16.5. The molecule has 0 atom stereocenters. The summed E-state index contributed by atoms with van der Waals surface area (Å²) in [4.78, 5) is 4.39. The molecule has 0 aliphatic carbocycles. The maximum atomic E-state index is 5.33. The first kappa shape index (κ1) is 12.6. The summed E-state index contributed by atoms with van der Waals surface area (Å²) in [7, 11) is 1.65. The molecule has 0 saturated heterocycles. The third-order valence-electron chi connectivity index (χ3n) is 2.88. The molecular weight excluding hydrogens is 256 g/mol. The zero-order chi connectivity index (χ0) is 13.8. The number of rotatable bonds is 5. The number of hydrogen-bond donors (Lipinski definition) is 0. The van der Waals surface area contributed by atoms with Crippen LogP contribution >= 0.6 is 0 Å². The fourth-order valence-electron chi connectivity index (χ4n) is 1.92. The fourth-order valence-corrected chi connectivity index (χ4v) is 1.92. The molecule has 0 unspecified atom stereocenters. The van der Waals surface area contributed by atoms with Crippen LogP contribution in [0.5, 0.6) is 0 Å². The van der Waals surface area contributed by atoms with E-state index in [1.807, 2.05) is 36.5 Å². The van der Waals surface area contributed by atoms with Gasteiger partial charge in [0.25, 0.3) is 5.89 Å². The summed E-state index contributed by atoms with van der Waals surface area (Å²) in [5, 5.41) is 8.19. The van der Waals surface area contributed by atoms with Crippen molar-refractivity contribution in [3.8, 4) is 17.1 Å². The van der Waals surface area contributed by atoms with Crippen LogP contribution < -0.4 is 0 Å². The van der Waals surface area contributed by atoms with Crippen molar-refractivity contribution in [3.05, 3.63) is 48.5 Å². The Hall–Kier alpha value is -2.47. The Morgan fingerprint density at radius 2 is 2.15 bits per heavy atom. The second-order valence-corrected chi connectivity index (χ2v) is 4.23. The standard InChI is InChI=1S/C14H14N4O2/c1-19-10-7-13-16-14(20-17-13)11-5-2-3-6-12(11)18-9-4-8-15-18/h2-6,8-9H,7,10H2,1H3. The van der Waals surface area contributed by atoms with E-state index in [1.54, 1.807) is 18.0 Å². The first-order valence-corrected chi connectivity index (χ1v) is 6.29. The summed E-state index contributed by atoms with van der Waals surface area (Å²) in [6, 6.07) is 9.64. The summed E-state index contributed by atoms with van der Waals surface area (Å²) in [6.07, 6.45) is 4.24. The summed E-state index contributed by atoms with van der Waals surface area (Å²) in [5.41, 5.74) is 1.76. The van der Waals surface area contributed by atoms with Gasteiger partial charge in [-0.2, -0.15) is 10.1 Å². The molecule has 102 valence electrons. The smallest absolute Gasteiger partial charge is 0.260 e. The van der Waals surface area contributed by atoms with E-state index in [-0.39, 0.29) is 0 Å². The summed E-state index contributed by atoms with van der Waals surface area (Å²) < 4.78 is 12.1. The van der Waals surface area contributed by atoms with Crippen LogP contribution in [0.1, 0.15) is 5.82 Å². The highest BCUT2D eigenvalue weighted by Crippen LogP contribution is 2.24. The monoisotopic (exact) mass is 270 g/mol. The molecule has 0 N–H and O–H groups in total. The van der Waals surface area contributed by atoms with Gasteiger partial charge in [-0.3, -0.25) is 0 Å². The predicted octanol–water partition coefficient (Wildman–Crippen LogP) is 2.11. The van der Waals surface area contributed by atoms with E-state index in [9.17, 15) is 0 Å². The van der Waals surface area contributed by atoms with Crippen molar-refractivity contribution >= 4 is 0 Å². The molecule has 1 aromatic carbocycles. The minimum absolute atomic E-state index is 0.488. The van der Waals surface area contributed by atoms with Gasteiger partial charge in [-0.15, -0.1) is 0 Å². The summed E-state index contributed by atoms with van der Waals surface area (Å²) in [5.74, 6) is 1.12. The van der Waals surface area contributed by atoms with Crippen LogP contribution in [0.2, 0.25) is 0 Å². The Labute approximate surface area is 116 Å². The molecule has 0 spiro atoms. The molecule has 0 amide bonds. The maximum absolute atomic E-state index is 5.33. The number of hydrogen-bond acceptors (Lipinski definition) is 5. The van der Waals surface area contributed by atoms with Gasteiger partial charge in [0, 0.05) is 25.9 Å². The molecule has 0 aliphatic heterocycles. The first-order chi connectivity index (χ1) is 9.88. The first-order valence-electron chi connectivity index (χ1n) is 6.29. The van der Waals surface area contributed by atoms with Crippen molar-refractivity contribution in [3.63, 3.8) is 0 Å². The zero-order valence-electron chi connectivity index (χ0n) is 11.1. The second kappa shape index (κ2) is 5.66. The highest BCUT2D eigenvalue weighted by Gasteiger charge is 2.13. The van der Waals surface area contributed by atoms with Gasteiger partial charge in [0.2, 0.25) is 0 Å². The van der Waals surface area contributed by atoms with Crippen LogP contribution in [0.25, 0.3) is 17.1 Å². The van der Waals surface area contributed by atoms with E-state index >= 15 is 0 Å². The third-order valence-corrected chi connectivity index (χ3v) is 2.88. The van der Waals surface area contributed by atoms with Crippen molar-refractivity contribution in [1.82, 2.24) is 19.9 Å². The molecule has 0 fully saturated rings. The highest BCUT2D eigenvalue weighted by molar-refractivity contribution is 5.65. The lowest BCUT2D eigenvalue weighted by Crippen LogP contribution is -1.98. The topological polar surface area (TPSA) is 66.0 Å². The molecule has 0 radical (unpaired) electrons. The number of ether oxygens (including phenoxy) is 1. The molecule has 6 heteroatoms. The summed E-state index contributed by atoms with van der Waals surface area (Å²) in [6.45, 7) is 0.569. The molecule has 20 heavy (non-hydrogen) atoms. The van der Waals surface area contributed by atoms with E-state index < -0.39 is 0 Å². The van der Waals surface area contributed by atoms with Crippen molar-refractivity contribution in [1.29, 1.82) is 0 Å². The zero-order valence-corrected chi connectivity index (χ0v) is 11.1. The van der Waals surface area contributed by atoms with Crippen LogP contribution in [-0.4, -0.2) is 33.6 Å². The van der Waals surface area contributed by atoms with Crippen molar-refractivity contribution in [2.75, 3.05) is 13.7 Å². The normalized spacial score (nSPS) is 10.8. The average molecular weight is 270 g/mol. The van der Waals surface area contributed by atoms with Gasteiger partial charge in [-0.25, -0.2) is 4.68 Å². The van der Waals surface area contributed by atoms with Crippen LogP contribution in [0.15, 0.2) is 47.2 Å². The van der Waals surface area contributed by atoms with Gasteiger partial charge >= 0.3 is 0 Å². The van der Waals surface area contributed by atoms with Crippen LogP contribution in [-0.2, 0) is 11.2 Å². The lowest BCUT2D eigenvalue weighted by atomic mass is 10.2. The lowest BCUT2D eigenvalue weighted by Gasteiger charge is -2.05. The Kier molecular flexibility index (Phi) is 3.56. The Morgan fingerprint density at radius 1 is 1.25 bits per heavy atom. The van der Waals surface area contributed by atoms with E-state index in [4.69, 9.17) is 9.26 Å². The van der Waals surface area contributed by atoms with Gasteiger partial charge in [0.15, 0.2) is 5.82 Å². The molecule has 0 bridgehead atoms. The number of para-hydroxylation sites is 1. The van der Waals surface area contributed by atoms with E-state index in [0.29, 0.717) is 24.7 Å². The van der Waals surface area contributed by atoms with Crippen LogP contribution in [0.3, 0.4) is 0 Å². The number of aromatic nitrogens is 4. The maximum Gasteiger partial charge on any atom is 0.260 e. The van der Waals surface area contributed by atoms with Gasteiger partial charge < -0.3 is 9.26 Å². The Morgan fingerprint density at radius 3 is 2.95 bits per heavy atom. The number of methoxy groups -OCH3 is 1. The van der Waals surface area contributed by atoms with Crippen molar-refractivity contribution < 1.29 is 9.26 Å². The van der Waals surface area contributed by atoms with Gasteiger partial charge in [-0.05, 0) is 18.2 Å². The minimum atomic E-state index is 0.488.